The van der Waals surface area contributed by atoms with E-state index in [-0.39, 0.29) is 10.8 Å². The largest absolute Gasteiger partial charge is 0.454 e. The van der Waals surface area contributed by atoms with Gasteiger partial charge in [0.25, 0.3) is 0 Å². The number of aryl methyl sites for hydroxylation is 4. The maximum Gasteiger partial charge on any atom is 0.160 e. The van der Waals surface area contributed by atoms with Crippen LogP contribution in [0.3, 0.4) is 0 Å². The number of anilines is 6. The first kappa shape index (κ1) is 40.5. The molecule has 0 unspecified atom stereocenters. The highest BCUT2D eigenvalue weighted by Crippen LogP contribution is 2.62. The number of benzene rings is 9. The highest BCUT2D eigenvalue weighted by Gasteiger charge is 2.45. The highest BCUT2D eigenvalue weighted by atomic mass is 16.3. The van der Waals surface area contributed by atoms with Crippen LogP contribution in [0.1, 0.15) is 72.2 Å². The van der Waals surface area contributed by atoms with Crippen molar-refractivity contribution in [2.24, 2.45) is 0 Å². The van der Waals surface area contributed by atoms with E-state index in [2.05, 4.69) is 235 Å². The van der Waals surface area contributed by atoms with Crippen LogP contribution < -0.4 is 9.80 Å². The van der Waals surface area contributed by atoms with E-state index in [1.807, 2.05) is 0 Å². The van der Waals surface area contributed by atoms with Crippen LogP contribution in [-0.2, 0) is 10.8 Å². The second kappa shape index (κ2) is 14.3. The molecule has 13 rings (SSSR count). The normalized spacial score (nSPS) is 14.1. The molecule has 11 aromatic rings. The molecule has 0 amide bonds. The average Bonchev–Trinajstić information content (AvgIpc) is 4.04. The molecule has 0 radical (unpaired) electrons. The molecule has 330 valence electrons. The summed E-state index contributed by atoms with van der Waals surface area (Å²) in [7, 11) is 0. The predicted molar refractivity (Wildman–Crippen MR) is 284 cm³/mol. The van der Waals surface area contributed by atoms with E-state index in [1.165, 1.54) is 66.8 Å². The zero-order valence-corrected chi connectivity index (χ0v) is 39.9. The Morgan fingerprint density at radius 2 is 0.647 bits per heavy atom. The first-order valence-electron chi connectivity index (χ1n) is 23.9. The van der Waals surface area contributed by atoms with Crippen LogP contribution in [0.25, 0.3) is 66.1 Å². The summed E-state index contributed by atoms with van der Waals surface area (Å²) in [5.41, 5.74) is 24.6. The Balaban J connectivity index is 1.10. The number of furan rings is 2. The van der Waals surface area contributed by atoms with Crippen molar-refractivity contribution in [2.45, 2.75) is 66.2 Å². The van der Waals surface area contributed by atoms with E-state index in [9.17, 15) is 0 Å². The summed E-state index contributed by atoms with van der Waals surface area (Å²) in [5, 5.41) is 4.59. The van der Waals surface area contributed by atoms with E-state index in [1.54, 1.807) is 0 Å². The third-order valence-corrected chi connectivity index (χ3v) is 15.6. The summed E-state index contributed by atoms with van der Waals surface area (Å²) in [6.45, 7) is 18.5. The summed E-state index contributed by atoms with van der Waals surface area (Å²) in [4.78, 5) is 4.87. The van der Waals surface area contributed by atoms with Gasteiger partial charge in [-0.2, -0.15) is 0 Å². The van der Waals surface area contributed by atoms with Crippen molar-refractivity contribution < 1.29 is 8.83 Å². The van der Waals surface area contributed by atoms with Gasteiger partial charge in [-0.3, -0.25) is 0 Å². The fraction of sp³-hybridized carbons (Fsp3) is 0.156. The number of para-hydroxylation sites is 6. The molecule has 0 fully saturated rings. The van der Waals surface area contributed by atoms with Crippen LogP contribution in [0.15, 0.2) is 179 Å². The molecule has 2 aromatic heterocycles. The van der Waals surface area contributed by atoms with Crippen LogP contribution in [0, 0.1) is 27.7 Å². The number of rotatable bonds is 6. The molecule has 68 heavy (non-hydrogen) atoms. The second-order valence-corrected chi connectivity index (χ2v) is 20.3. The average molecular weight is 881 g/mol. The quantitative estimate of drug-likeness (QED) is 0.167. The van der Waals surface area contributed by atoms with E-state index in [0.29, 0.717) is 0 Å². The molecule has 2 aliphatic carbocycles. The third-order valence-electron chi connectivity index (χ3n) is 15.6. The Morgan fingerprint density at radius 3 is 0.985 bits per heavy atom. The lowest BCUT2D eigenvalue weighted by molar-refractivity contribution is 0.650. The minimum absolute atomic E-state index is 0.360. The molecule has 2 aliphatic rings. The maximum atomic E-state index is 7.13. The lowest BCUT2D eigenvalue weighted by Gasteiger charge is -2.30. The molecule has 4 heteroatoms. The zero-order chi connectivity index (χ0) is 46.4. The van der Waals surface area contributed by atoms with Crippen LogP contribution in [0.5, 0.6) is 0 Å². The SMILES string of the molecule is Cc1ccccc1N(c1ccccc1C)c1cc2c(c3c1oc1ccccc13)-c1cc3c(cc1C2(C)C)-c1c(cc(N(c2ccccc2C)c2ccccc2C)c2oc4ccccc4c12)C3(C)C. The smallest absolute Gasteiger partial charge is 0.160 e. The number of hydrogen-bond acceptors (Lipinski definition) is 4. The molecule has 4 nitrogen and oxygen atoms in total. The molecule has 0 N–H and O–H groups in total. The molecule has 9 aromatic carbocycles. The van der Waals surface area contributed by atoms with Crippen LogP contribution in [-0.4, -0.2) is 0 Å². The molecule has 0 atom stereocenters. The highest BCUT2D eigenvalue weighted by molar-refractivity contribution is 6.22. The van der Waals surface area contributed by atoms with Gasteiger partial charge < -0.3 is 18.6 Å². The second-order valence-electron chi connectivity index (χ2n) is 20.3. The molecule has 0 saturated heterocycles. The summed E-state index contributed by atoms with van der Waals surface area (Å²) in [6.07, 6.45) is 0. The number of fused-ring (bicyclic) bond motifs is 14. The molecule has 0 bridgehead atoms. The van der Waals surface area contributed by atoms with Crippen molar-refractivity contribution in [3.05, 3.63) is 214 Å². The fourth-order valence-corrected chi connectivity index (χ4v) is 12.0. The zero-order valence-electron chi connectivity index (χ0n) is 39.9. The van der Waals surface area contributed by atoms with E-state index in [4.69, 9.17) is 8.83 Å². The van der Waals surface area contributed by atoms with Crippen molar-refractivity contribution in [3.63, 3.8) is 0 Å². The number of nitrogens with zero attached hydrogens (tertiary/aromatic N) is 2. The van der Waals surface area contributed by atoms with Gasteiger partial charge in [0.15, 0.2) is 11.2 Å². The van der Waals surface area contributed by atoms with Crippen molar-refractivity contribution in [1.82, 2.24) is 0 Å². The summed E-state index contributed by atoms with van der Waals surface area (Å²) >= 11 is 0. The van der Waals surface area contributed by atoms with E-state index >= 15 is 0 Å². The molecular formula is C64H52N2O2. The van der Waals surface area contributed by atoms with Crippen molar-refractivity contribution in [3.8, 4) is 22.3 Å². The monoisotopic (exact) mass is 880 g/mol. The Bertz CT molecular complexity index is 3590. The van der Waals surface area contributed by atoms with E-state index in [0.717, 1.165) is 78.0 Å². The van der Waals surface area contributed by atoms with Crippen molar-refractivity contribution in [1.29, 1.82) is 0 Å². The Kier molecular flexibility index (Phi) is 8.53. The van der Waals surface area contributed by atoms with Gasteiger partial charge in [0.05, 0.1) is 11.4 Å². The van der Waals surface area contributed by atoms with Gasteiger partial charge in [-0.1, -0.05) is 137 Å². The molecule has 0 aliphatic heterocycles. The Hall–Kier alpha value is -7.82. The first-order valence-corrected chi connectivity index (χ1v) is 23.9. The number of hydrogen-bond donors (Lipinski definition) is 0. The maximum absolute atomic E-state index is 7.13. The summed E-state index contributed by atoms with van der Waals surface area (Å²) < 4.78 is 14.3. The Labute approximate surface area is 397 Å². The topological polar surface area (TPSA) is 32.8 Å². The predicted octanol–water partition coefficient (Wildman–Crippen LogP) is 18.3. The summed E-state index contributed by atoms with van der Waals surface area (Å²) in [6, 6.07) is 62.0. The van der Waals surface area contributed by atoms with Crippen LogP contribution in [0.4, 0.5) is 34.1 Å². The van der Waals surface area contributed by atoms with Gasteiger partial charge in [-0.25, -0.2) is 0 Å². The van der Waals surface area contributed by atoms with E-state index < -0.39 is 0 Å². The lowest BCUT2D eigenvalue weighted by atomic mass is 9.79. The third kappa shape index (κ3) is 5.49. The standard InChI is InChI=1S/C64H52N2O2/c1-37-21-9-15-27-49(37)65(50-28-16-10-22-38(50)2)53-35-47-57(59-41-25-13-19-31-55(41)67-61(53)59)43-33-46-44(34-45(43)63(47,5)6)58-48(64(46,7)8)36-54(62-60(58)42-26-14-20-32-56(42)68-62)66(51-29-17-11-23-39(51)3)52-30-18-12-24-40(52)4/h9-36H,1-8H3. The summed E-state index contributed by atoms with van der Waals surface area (Å²) in [5.74, 6) is 0. The van der Waals surface area contributed by atoms with Gasteiger partial charge in [-0.05, 0) is 155 Å². The first-order chi connectivity index (χ1) is 32.9. The fourth-order valence-electron chi connectivity index (χ4n) is 12.0. The van der Waals surface area contributed by atoms with Crippen molar-refractivity contribution in [2.75, 3.05) is 9.80 Å². The van der Waals surface area contributed by atoms with Crippen molar-refractivity contribution >= 4 is 78.0 Å². The van der Waals surface area contributed by atoms with Gasteiger partial charge in [-0.15, -0.1) is 0 Å². The van der Waals surface area contributed by atoms with Gasteiger partial charge in [0, 0.05) is 55.1 Å². The van der Waals surface area contributed by atoms with Gasteiger partial charge in [0.1, 0.15) is 11.2 Å². The van der Waals surface area contributed by atoms with Gasteiger partial charge in [0.2, 0.25) is 0 Å². The molecule has 0 spiro atoms. The van der Waals surface area contributed by atoms with Gasteiger partial charge >= 0.3 is 0 Å². The minimum atomic E-state index is -0.360. The molecular weight excluding hydrogens is 829 g/mol. The Morgan fingerprint density at radius 1 is 0.338 bits per heavy atom. The lowest BCUT2D eigenvalue weighted by Crippen LogP contribution is -2.18. The minimum Gasteiger partial charge on any atom is -0.454 e. The van der Waals surface area contributed by atoms with Crippen LogP contribution in [0.2, 0.25) is 0 Å². The molecule has 2 heterocycles. The van der Waals surface area contributed by atoms with Crippen LogP contribution >= 0.6 is 0 Å². The molecule has 0 saturated carbocycles.